The van der Waals surface area contributed by atoms with Crippen molar-refractivity contribution in [1.82, 2.24) is 14.8 Å². The summed E-state index contributed by atoms with van der Waals surface area (Å²) in [5, 5.41) is 0.683. The third-order valence-electron chi connectivity index (χ3n) is 3.57. The minimum absolute atomic E-state index is 0.310. The van der Waals surface area contributed by atoms with Crippen molar-refractivity contribution in [2.24, 2.45) is 7.05 Å². The summed E-state index contributed by atoms with van der Waals surface area (Å²) < 4.78 is 39.5. The smallest absolute Gasteiger partial charge is 0.268 e. The van der Waals surface area contributed by atoms with Gasteiger partial charge in [0.2, 0.25) is 0 Å². The van der Waals surface area contributed by atoms with Gasteiger partial charge in [0.15, 0.2) is 0 Å². The van der Waals surface area contributed by atoms with E-state index in [0.717, 1.165) is 17.6 Å². The molecule has 0 saturated heterocycles. The van der Waals surface area contributed by atoms with Crippen molar-refractivity contribution in [2.75, 3.05) is 0 Å². The number of carbonyl (C=O) groups is 1. The zero-order valence-corrected chi connectivity index (χ0v) is 13.5. The van der Waals surface area contributed by atoms with Crippen LogP contribution in [0.15, 0.2) is 59.6 Å². The van der Waals surface area contributed by atoms with Crippen LogP contribution in [0.2, 0.25) is 0 Å². The topological polar surface area (TPSA) is 80.2 Å². The first-order chi connectivity index (χ1) is 11.4. The minimum Gasteiger partial charge on any atom is -0.350 e. The number of sulfonamides is 1. The standard InChI is InChI=1S/C16H14FN3O3S/c1-20-10-12(11-6-2-4-8-14(11)20)16(21)18-19-24(22,23)15-9-5-3-7-13(15)17/h2-10,19H,1H3,(H,18,21). The molecule has 1 heterocycles. The van der Waals surface area contributed by atoms with E-state index in [-0.39, 0.29) is 0 Å². The molecule has 0 radical (unpaired) electrons. The van der Waals surface area contributed by atoms with E-state index >= 15 is 0 Å². The molecule has 0 aliphatic heterocycles. The van der Waals surface area contributed by atoms with Crippen molar-refractivity contribution >= 4 is 26.8 Å². The van der Waals surface area contributed by atoms with Crippen molar-refractivity contribution in [1.29, 1.82) is 0 Å². The molecule has 0 atom stereocenters. The summed E-state index contributed by atoms with van der Waals surface area (Å²) in [6.07, 6.45) is 1.59. The second-order valence-corrected chi connectivity index (χ2v) is 6.81. The molecule has 0 unspecified atom stereocenters. The molecule has 1 aromatic heterocycles. The predicted octanol–water partition coefficient (Wildman–Crippen LogP) is 1.94. The van der Waals surface area contributed by atoms with Crippen molar-refractivity contribution in [3.63, 3.8) is 0 Å². The average Bonchev–Trinajstić information content (AvgIpc) is 2.90. The lowest BCUT2D eigenvalue weighted by Gasteiger charge is -2.08. The van der Waals surface area contributed by atoms with Crippen LogP contribution in [-0.4, -0.2) is 18.9 Å². The zero-order valence-electron chi connectivity index (χ0n) is 12.7. The number of hydrogen-bond acceptors (Lipinski definition) is 3. The van der Waals surface area contributed by atoms with Gasteiger partial charge in [-0.25, -0.2) is 12.8 Å². The van der Waals surface area contributed by atoms with E-state index in [2.05, 4.69) is 5.43 Å². The molecule has 0 saturated carbocycles. The van der Waals surface area contributed by atoms with E-state index in [9.17, 15) is 17.6 Å². The highest BCUT2D eigenvalue weighted by Crippen LogP contribution is 2.20. The fourth-order valence-corrected chi connectivity index (χ4v) is 3.34. The lowest BCUT2D eigenvalue weighted by Crippen LogP contribution is -2.41. The Morgan fingerprint density at radius 3 is 2.50 bits per heavy atom. The van der Waals surface area contributed by atoms with Crippen LogP contribution in [0.4, 0.5) is 4.39 Å². The van der Waals surface area contributed by atoms with Crippen molar-refractivity contribution in [2.45, 2.75) is 4.90 Å². The van der Waals surface area contributed by atoms with E-state index in [0.29, 0.717) is 10.9 Å². The summed E-state index contributed by atoms with van der Waals surface area (Å²) in [5.74, 6) is -1.53. The van der Waals surface area contributed by atoms with E-state index in [4.69, 9.17) is 0 Å². The number of aryl methyl sites for hydroxylation is 1. The number of para-hydroxylation sites is 1. The highest BCUT2D eigenvalue weighted by Gasteiger charge is 2.20. The Bertz CT molecular complexity index is 1030. The fourth-order valence-electron chi connectivity index (χ4n) is 2.42. The maximum atomic E-state index is 13.6. The monoisotopic (exact) mass is 347 g/mol. The number of amides is 1. The van der Waals surface area contributed by atoms with Gasteiger partial charge >= 0.3 is 0 Å². The van der Waals surface area contributed by atoms with Crippen LogP contribution in [0.1, 0.15) is 10.4 Å². The summed E-state index contributed by atoms with van der Waals surface area (Å²) in [5.41, 5.74) is 3.26. The SMILES string of the molecule is Cn1cc(C(=O)NNS(=O)(=O)c2ccccc2F)c2ccccc21. The van der Waals surface area contributed by atoms with Gasteiger partial charge in [0, 0.05) is 24.1 Å². The van der Waals surface area contributed by atoms with Gasteiger partial charge in [-0.2, -0.15) is 0 Å². The molecule has 2 aromatic carbocycles. The predicted molar refractivity (Wildman–Crippen MR) is 87.1 cm³/mol. The summed E-state index contributed by atoms with van der Waals surface area (Å²) in [6, 6.07) is 12.1. The maximum Gasteiger partial charge on any atom is 0.268 e. The number of fused-ring (bicyclic) bond motifs is 1. The molecule has 2 N–H and O–H groups in total. The third kappa shape index (κ3) is 2.89. The Morgan fingerprint density at radius 2 is 1.75 bits per heavy atom. The molecule has 3 rings (SSSR count). The fraction of sp³-hybridized carbons (Fsp3) is 0.0625. The van der Waals surface area contributed by atoms with Crippen LogP contribution in [0, 0.1) is 5.82 Å². The highest BCUT2D eigenvalue weighted by atomic mass is 32.2. The number of carbonyl (C=O) groups excluding carboxylic acids is 1. The first kappa shape index (κ1) is 16.2. The summed E-state index contributed by atoms with van der Waals surface area (Å²) in [7, 11) is -2.42. The molecule has 0 spiro atoms. The number of halogens is 1. The quantitative estimate of drug-likeness (QED) is 0.708. The molecule has 124 valence electrons. The molecule has 8 heteroatoms. The van der Waals surface area contributed by atoms with Crippen LogP contribution in [-0.2, 0) is 17.1 Å². The van der Waals surface area contributed by atoms with E-state index in [1.807, 2.05) is 17.0 Å². The Kier molecular flexibility index (Phi) is 4.08. The van der Waals surface area contributed by atoms with E-state index < -0.39 is 26.6 Å². The van der Waals surface area contributed by atoms with Crippen LogP contribution in [0.5, 0.6) is 0 Å². The highest BCUT2D eigenvalue weighted by molar-refractivity contribution is 7.89. The largest absolute Gasteiger partial charge is 0.350 e. The lowest BCUT2D eigenvalue weighted by molar-refractivity contribution is 0.0946. The number of aromatic nitrogens is 1. The van der Waals surface area contributed by atoms with Gasteiger partial charge < -0.3 is 4.57 Å². The van der Waals surface area contributed by atoms with E-state index in [1.54, 1.807) is 29.9 Å². The molecule has 0 aliphatic rings. The number of hydrogen-bond donors (Lipinski definition) is 2. The molecule has 6 nitrogen and oxygen atoms in total. The third-order valence-corrected chi connectivity index (χ3v) is 4.85. The molecule has 1 amide bonds. The molecule has 24 heavy (non-hydrogen) atoms. The molecular formula is C16H14FN3O3S. The van der Waals surface area contributed by atoms with Gasteiger partial charge in [0.1, 0.15) is 10.7 Å². The van der Waals surface area contributed by atoms with E-state index in [1.165, 1.54) is 12.1 Å². The van der Waals surface area contributed by atoms with Crippen LogP contribution in [0.3, 0.4) is 0 Å². The summed E-state index contributed by atoms with van der Waals surface area (Å²) in [4.78, 5) is 13.7. The number of benzene rings is 2. The summed E-state index contributed by atoms with van der Waals surface area (Å²) in [6.45, 7) is 0. The zero-order chi connectivity index (χ0) is 17.3. The minimum atomic E-state index is -4.20. The first-order valence-electron chi connectivity index (χ1n) is 7.01. The lowest BCUT2D eigenvalue weighted by atomic mass is 10.2. The first-order valence-corrected chi connectivity index (χ1v) is 8.49. The van der Waals surface area contributed by atoms with Crippen molar-refractivity contribution in [3.05, 3.63) is 66.1 Å². The normalized spacial score (nSPS) is 11.6. The Balaban J connectivity index is 1.84. The molecule has 0 fully saturated rings. The summed E-state index contributed by atoms with van der Waals surface area (Å²) >= 11 is 0. The number of nitrogens with one attached hydrogen (secondary N) is 2. The van der Waals surface area contributed by atoms with Gasteiger partial charge in [-0.3, -0.25) is 10.2 Å². The molecule has 0 bridgehead atoms. The molecular weight excluding hydrogens is 333 g/mol. The van der Waals surface area contributed by atoms with Crippen LogP contribution < -0.4 is 10.3 Å². The average molecular weight is 347 g/mol. The second kappa shape index (κ2) is 6.06. The number of nitrogens with zero attached hydrogens (tertiary/aromatic N) is 1. The van der Waals surface area contributed by atoms with Gasteiger partial charge in [0.05, 0.1) is 5.56 Å². The van der Waals surface area contributed by atoms with Gasteiger partial charge in [-0.1, -0.05) is 30.3 Å². The number of hydrazine groups is 1. The Hall–Kier alpha value is -2.71. The Labute approximate surface area is 137 Å². The van der Waals surface area contributed by atoms with Crippen molar-refractivity contribution < 1.29 is 17.6 Å². The molecule has 0 aliphatic carbocycles. The number of rotatable bonds is 4. The Morgan fingerprint density at radius 1 is 1.08 bits per heavy atom. The van der Waals surface area contributed by atoms with Crippen molar-refractivity contribution in [3.8, 4) is 0 Å². The van der Waals surface area contributed by atoms with Crippen LogP contribution >= 0.6 is 0 Å². The van der Waals surface area contributed by atoms with Gasteiger partial charge in [0.25, 0.3) is 15.9 Å². The van der Waals surface area contributed by atoms with Gasteiger partial charge in [-0.15, -0.1) is 4.83 Å². The second-order valence-electron chi connectivity index (χ2n) is 5.16. The maximum absolute atomic E-state index is 13.6. The van der Waals surface area contributed by atoms with Crippen LogP contribution in [0.25, 0.3) is 10.9 Å². The molecule has 3 aromatic rings. The van der Waals surface area contributed by atoms with Gasteiger partial charge in [-0.05, 0) is 18.2 Å².